The monoisotopic (exact) mass is 236 g/mol. The fourth-order valence-electron chi connectivity index (χ4n) is 2.19. The van der Waals surface area contributed by atoms with E-state index in [4.69, 9.17) is 0 Å². The highest BCUT2D eigenvalue weighted by molar-refractivity contribution is 5.78. The Balaban J connectivity index is 2.06. The average molecular weight is 236 g/mol. The molecule has 0 bridgehead atoms. The maximum Gasteiger partial charge on any atom is 0.221 e. The normalized spacial score (nSPS) is 21.3. The lowest BCUT2D eigenvalue weighted by Crippen LogP contribution is -2.34. The molecule has 2 rings (SSSR count). The number of amides is 1. The molecule has 1 aromatic carbocycles. The molecule has 2 N–H and O–H groups in total. The number of carbonyl (C=O) groups excluding carboxylic acids is 1. The number of hydrogen-bond acceptors (Lipinski definition) is 2. The van der Waals surface area contributed by atoms with E-state index in [0.717, 1.165) is 6.42 Å². The Labute approximate surface area is 100 Å². The standard InChI is InChI=1S/C13H17FN2O/c1-2-12(10-5-3-4-6-11(10)14)16-9-7-13(17)15-8-9/h3-6,9,12,16H,2,7-8H2,1H3,(H,15,17). The molecule has 3 nitrogen and oxygen atoms in total. The smallest absolute Gasteiger partial charge is 0.221 e. The third-order valence-electron chi connectivity index (χ3n) is 3.10. The van der Waals surface area contributed by atoms with Crippen LogP contribution in [0.25, 0.3) is 0 Å². The van der Waals surface area contributed by atoms with Crippen LogP contribution in [-0.2, 0) is 4.79 Å². The van der Waals surface area contributed by atoms with Crippen molar-refractivity contribution in [2.24, 2.45) is 0 Å². The van der Waals surface area contributed by atoms with Gasteiger partial charge in [0, 0.05) is 30.6 Å². The van der Waals surface area contributed by atoms with E-state index >= 15 is 0 Å². The minimum absolute atomic E-state index is 0.0334. The molecule has 0 aliphatic carbocycles. The molecule has 1 aliphatic rings. The fourth-order valence-corrected chi connectivity index (χ4v) is 2.19. The van der Waals surface area contributed by atoms with Crippen molar-refractivity contribution in [2.45, 2.75) is 31.8 Å². The second-order valence-electron chi connectivity index (χ2n) is 4.35. The molecule has 1 aromatic rings. The first-order valence-electron chi connectivity index (χ1n) is 5.98. The van der Waals surface area contributed by atoms with Crippen LogP contribution in [-0.4, -0.2) is 18.5 Å². The van der Waals surface area contributed by atoms with E-state index in [-0.39, 0.29) is 23.8 Å². The van der Waals surface area contributed by atoms with Crippen LogP contribution in [0.1, 0.15) is 31.4 Å². The van der Waals surface area contributed by atoms with Gasteiger partial charge in [-0.05, 0) is 12.5 Å². The number of halogens is 1. The first kappa shape index (κ1) is 12.0. The van der Waals surface area contributed by atoms with Gasteiger partial charge in [-0.1, -0.05) is 25.1 Å². The summed E-state index contributed by atoms with van der Waals surface area (Å²) in [6.45, 7) is 2.64. The molecule has 92 valence electrons. The molecule has 0 spiro atoms. The van der Waals surface area contributed by atoms with Crippen LogP contribution in [0.15, 0.2) is 24.3 Å². The Hall–Kier alpha value is -1.42. The van der Waals surface area contributed by atoms with Crippen LogP contribution < -0.4 is 10.6 Å². The summed E-state index contributed by atoms with van der Waals surface area (Å²) in [7, 11) is 0. The molecule has 1 saturated heterocycles. The zero-order valence-corrected chi connectivity index (χ0v) is 9.87. The Bertz CT molecular complexity index is 408. The summed E-state index contributed by atoms with van der Waals surface area (Å²) in [6, 6.07) is 6.85. The quantitative estimate of drug-likeness (QED) is 0.836. The highest BCUT2D eigenvalue weighted by Gasteiger charge is 2.24. The first-order chi connectivity index (χ1) is 8.20. The number of nitrogens with one attached hydrogen (secondary N) is 2. The molecule has 1 fully saturated rings. The van der Waals surface area contributed by atoms with E-state index < -0.39 is 0 Å². The molecule has 0 radical (unpaired) electrons. The molecule has 1 aliphatic heterocycles. The van der Waals surface area contributed by atoms with Crippen molar-refractivity contribution in [1.82, 2.24) is 10.6 Å². The van der Waals surface area contributed by atoms with Crippen LogP contribution in [0.4, 0.5) is 4.39 Å². The number of benzene rings is 1. The van der Waals surface area contributed by atoms with Crippen LogP contribution in [0.3, 0.4) is 0 Å². The van der Waals surface area contributed by atoms with Gasteiger partial charge in [0.25, 0.3) is 0 Å². The zero-order chi connectivity index (χ0) is 12.3. The summed E-state index contributed by atoms with van der Waals surface area (Å²) < 4.78 is 13.7. The lowest BCUT2D eigenvalue weighted by molar-refractivity contribution is -0.119. The predicted octanol–water partition coefficient (Wildman–Crippen LogP) is 1.75. The second kappa shape index (κ2) is 5.27. The minimum Gasteiger partial charge on any atom is -0.354 e. The topological polar surface area (TPSA) is 41.1 Å². The number of hydrogen-bond donors (Lipinski definition) is 2. The van der Waals surface area contributed by atoms with Gasteiger partial charge in [-0.25, -0.2) is 4.39 Å². The van der Waals surface area contributed by atoms with Gasteiger partial charge in [-0.2, -0.15) is 0 Å². The van der Waals surface area contributed by atoms with Crippen molar-refractivity contribution >= 4 is 5.91 Å². The number of carbonyl (C=O) groups is 1. The van der Waals surface area contributed by atoms with Crippen molar-refractivity contribution in [3.05, 3.63) is 35.6 Å². The van der Waals surface area contributed by atoms with Gasteiger partial charge in [-0.15, -0.1) is 0 Å². The van der Waals surface area contributed by atoms with Crippen molar-refractivity contribution in [1.29, 1.82) is 0 Å². The summed E-state index contributed by atoms with van der Waals surface area (Å²) in [5.74, 6) is -0.130. The average Bonchev–Trinajstić information content (AvgIpc) is 2.73. The van der Waals surface area contributed by atoms with Gasteiger partial charge in [0.1, 0.15) is 5.82 Å². The van der Waals surface area contributed by atoms with Gasteiger partial charge in [-0.3, -0.25) is 4.79 Å². The molecule has 0 saturated carbocycles. The molecule has 2 unspecified atom stereocenters. The summed E-state index contributed by atoms with van der Waals surface area (Å²) in [4.78, 5) is 11.1. The molecular weight excluding hydrogens is 219 g/mol. The van der Waals surface area contributed by atoms with Crippen LogP contribution in [0.5, 0.6) is 0 Å². The van der Waals surface area contributed by atoms with Crippen LogP contribution in [0.2, 0.25) is 0 Å². The third-order valence-corrected chi connectivity index (χ3v) is 3.10. The van der Waals surface area contributed by atoms with Gasteiger partial charge < -0.3 is 10.6 Å². The van der Waals surface area contributed by atoms with E-state index in [1.165, 1.54) is 6.07 Å². The lowest BCUT2D eigenvalue weighted by atomic mass is 10.0. The molecular formula is C13H17FN2O. The van der Waals surface area contributed by atoms with Gasteiger partial charge >= 0.3 is 0 Å². The Morgan fingerprint density at radius 1 is 1.53 bits per heavy atom. The van der Waals surface area contributed by atoms with Crippen molar-refractivity contribution in [3.8, 4) is 0 Å². The lowest BCUT2D eigenvalue weighted by Gasteiger charge is -2.21. The SMILES string of the molecule is CCC(NC1CNC(=O)C1)c1ccccc1F. The highest BCUT2D eigenvalue weighted by atomic mass is 19.1. The highest BCUT2D eigenvalue weighted by Crippen LogP contribution is 2.21. The summed E-state index contributed by atoms with van der Waals surface area (Å²) in [6.07, 6.45) is 1.27. The Morgan fingerprint density at radius 3 is 2.88 bits per heavy atom. The molecule has 1 amide bonds. The Kier molecular flexibility index (Phi) is 3.74. The zero-order valence-electron chi connectivity index (χ0n) is 9.87. The van der Waals surface area contributed by atoms with Crippen LogP contribution in [0, 0.1) is 5.82 Å². The predicted molar refractivity (Wildman–Crippen MR) is 64.0 cm³/mol. The maximum absolute atomic E-state index is 13.7. The van der Waals surface area contributed by atoms with Gasteiger partial charge in [0.2, 0.25) is 5.91 Å². The second-order valence-corrected chi connectivity index (χ2v) is 4.35. The molecule has 0 aromatic heterocycles. The van der Waals surface area contributed by atoms with E-state index in [0.29, 0.717) is 18.5 Å². The van der Waals surface area contributed by atoms with E-state index in [2.05, 4.69) is 10.6 Å². The minimum atomic E-state index is -0.191. The van der Waals surface area contributed by atoms with Crippen molar-refractivity contribution in [3.63, 3.8) is 0 Å². The van der Waals surface area contributed by atoms with E-state index in [1.54, 1.807) is 12.1 Å². The maximum atomic E-state index is 13.7. The molecule has 1 heterocycles. The first-order valence-corrected chi connectivity index (χ1v) is 5.98. The number of rotatable bonds is 4. The third kappa shape index (κ3) is 2.82. The van der Waals surface area contributed by atoms with Crippen molar-refractivity contribution in [2.75, 3.05) is 6.54 Å². The van der Waals surface area contributed by atoms with E-state index in [9.17, 15) is 9.18 Å². The molecule has 2 atom stereocenters. The molecule has 17 heavy (non-hydrogen) atoms. The fraction of sp³-hybridized carbons (Fsp3) is 0.462. The largest absolute Gasteiger partial charge is 0.354 e. The van der Waals surface area contributed by atoms with Crippen LogP contribution >= 0.6 is 0 Å². The summed E-state index contributed by atoms with van der Waals surface area (Å²) in [5.41, 5.74) is 0.675. The van der Waals surface area contributed by atoms with Gasteiger partial charge in [0.15, 0.2) is 0 Å². The molecule has 4 heteroatoms. The Morgan fingerprint density at radius 2 is 2.29 bits per heavy atom. The summed E-state index contributed by atoms with van der Waals surface area (Å²) >= 11 is 0. The van der Waals surface area contributed by atoms with E-state index in [1.807, 2.05) is 13.0 Å². The summed E-state index contributed by atoms with van der Waals surface area (Å²) in [5, 5.41) is 6.10. The van der Waals surface area contributed by atoms with Crippen molar-refractivity contribution < 1.29 is 9.18 Å². The van der Waals surface area contributed by atoms with Gasteiger partial charge in [0.05, 0.1) is 0 Å².